The number of aryl methyl sites for hydroxylation is 1. The number of rotatable bonds is 6. The maximum absolute atomic E-state index is 13.2. The number of pyridine rings is 1. The highest BCUT2D eigenvalue weighted by atomic mass is 16.3. The number of furan rings is 1. The molecule has 0 fully saturated rings. The Bertz CT molecular complexity index is 1470. The Balaban J connectivity index is 1.44. The van der Waals surface area contributed by atoms with Gasteiger partial charge in [-0.2, -0.15) is 0 Å². The first-order valence-corrected chi connectivity index (χ1v) is 10.6. The standard InChI is InChI=1S/C26H22N4O3/c1-16-14-33-15-22(16)25(31)29-13-23(19-7-6-17-4-2-3-5-18(17)10-19)30-26(32)21-11-27-12-24-20(21)8-9-28-24/h2-12,14-15,23,28H,13H2,1H3,(H,29,31)(H,30,32). The number of aromatic nitrogens is 2. The monoisotopic (exact) mass is 438 g/mol. The number of hydrogen-bond acceptors (Lipinski definition) is 4. The Morgan fingerprint density at radius 3 is 2.67 bits per heavy atom. The van der Waals surface area contributed by atoms with Gasteiger partial charge in [-0.25, -0.2) is 0 Å². The molecule has 5 aromatic rings. The Kier molecular flexibility index (Phi) is 5.36. The van der Waals surface area contributed by atoms with E-state index in [4.69, 9.17) is 4.42 Å². The van der Waals surface area contributed by atoms with Gasteiger partial charge >= 0.3 is 0 Å². The fraction of sp³-hybridized carbons (Fsp3) is 0.115. The molecule has 0 aliphatic carbocycles. The molecule has 3 N–H and O–H groups in total. The van der Waals surface area contributed by atoms with Crippen molar-refractivity contribution in [2.75, 3.05) is 6.54 Å². The number of aromatic amines is 1. The molecule has 0 spiro atoms. The summed E-state index contributed by atoms with van der Waals surface area (Å²) < 4.78 is 5.12. The van der Waals surface area contributed by atoms with Crippen molar-refractivity contribution < 1.29 is 14.0 Å². The van der Waals surface area contributed by atoms with Gasteiger partial charge in [0.15, 0.2) is 0 Å². The van der Waals surface area contributed by atoms with Gasteiger partial charge in [-0.3, -0.25) is 14.6 Å². The largest absolute Gasteiger partial charge is 0.471 e. The topological polar surface area (TPSA) is 100 Å². The van der Waals surface area contributed by atoms with Crippen molar-refractivity contribution in [3.8, 4) is 0 Å². The van der Waals surface area contributed by atoms with E-state index in [1.54, 1.807) is 18.6 Å². The Morgan fingerprint density at radius 2 is 1.85 bits per heavy atom. The molecule has 7 heteroatoms. The lowest BCUT2D eigenvalue weighted by Gasteiger charge is -2.21. The summed E-state index contributed by atoms with van der Waals surface area (Å²) in [6.45, 7) is 2.02. The van der Waals surface area contributed by atoms with Crippen molar-refractivity contribution in [1.82, 2.24) is 20.6 Å². The molecule has 0 aliphatic rings. The molecule has 0 saturated carbocycles. The van der Waals surface area contributed by atoms with E-state index in [2.05, 4.69) is 20.6 Å². The zero-order valence-electron chi connectivity index (χ0n) is 18.0. The average Bonchev–Trinajstić information content (AvgIpc) is 3.49. The predicted octanol–water partition coefficient (Wildman–Crippen LogP) is 4.52. The van der Waals surface area contributed by atoms with Gasteiger partial charge in [0.25, 0.3) is 11.8 Å². The average molecular weight is 438 g/mol. The molecule has 7 nitrogen and oxygen atoms in total. The summed E-state index contributed by atoms with van der Waals surface area (Å²) >= 11 is 0. The summed E-state index contributed by atoms with van der Waals surface area (Å²) in [4.78, 5) is 33.2. The van der Waals surface area contributed by atoms with Crippen LogP contribution in [0.15, 0.2) is 84.1 Å². The molecule has 0 bridgehead atoms. The zero-order valence-corrected chi connectivity index (χ0v) is 18.0. The van der Waals surface area contributed by atoms with Crippen LogP contribution >= 0.6 is 0 Å². The van der Waals surface area contributed by atoms with E-state index in [9.17, 15) is 9.59 Å². The highest BCUT2D eigenvalue weighted by molar-refractivity contribution is 6.06. The lowest BCUT2D eigenvalue weighted by molar-refractivity contribution is 0.0908. The van der Waals surface area contributed by atoms with E-state index in [0.717, 1.165) is 32.8 Å². The molecular formula is C26H22N4O3. The normalized spacial score (nSPS) is 12.0. The molecule has 1 atom stereocenters. The third-order valence-corrected chi connectivity index (χ3v) is 5.77. The summed E-state index contributed by atoms with van der Waals surface area (Å²) in [6.07, 6.45) is 7.96. The van der Waals surface area contributed by atoms with Gasteiger partial charge in [0.2, 0.25) is 0 Å². The van der Waals surface area contributed by atoms with Crippen molar-refractivity contribution in [2.45, 2.75) is 13.0 Å². The van der Waals surface area contributed by atoms with Crippen molar-refractivity contribution in [2.24, 2.45) is 0 Å². The van der Waals surface area contributed by atoms with Crippen molar-refractivity contribution in [3.05, 3.63) is 102 Å². The second-order valence-electron chi connectivity index (χ2n) is 7.94. The lowest BCUT2D eigenvalue weighted by Crippen LogP contribution is -2.38. The van der Waals surface area contributed by atoms with Crippen LogP contribution in [0.5, 0.6) is 0 Å². The molecule has 5 rings (SSSR count). The van der Waals surface area contributed by atoms with Crippen LogP contribution < -0.4 is 10.6 Å². The molecule has 33 heavy (non-hydrogen) atoms. The SMILES string of the molecule is Cc1cocc1C(=O)NCC(NC(=O)c1cncc2[nH]ccc12)c1ccc2ccccc2c1. The number of carbonyl (C=O) groups excluding carboxylic acids is 2. The number of nitrogens with zero attached hydrogens (tertiary/aromatic N) is 1. The van der Waals surface area contributed by atoms with E-state index < -0.39 is 6.04 Å². The number of fused-ring (bicyclic) bond motifs is 2. The number of H-pyrrole nitrogens is 1. The number of benzene rings is 2. The second-order valence-corrected chi connectivity index (χ2v) is 7.94. The molecular weight excluding hydrogens is 416 g/mol. The molecule has 0 aliphatic heterocycles. The summed E-state index contributed by atoms with van der Waals surface area (Å²) in [5.74, 6) is -0.518. The molecule has 1 unspecified atom stereocenters. The van der Waals surface area contributed by atoms with Crippen LogP contribution in [0.2, 0.25) is 0 Å². The van der Waals surface area contributed by atoms with Gasteiger partial charge < -0.3 is 20.0 Å². The Hall–Kier alpha value is -4.39. The quantitative estimate of drug-likeness (QED) is 0.363. The van der Waals surface area contributed by atoms with E-state index >= 15 is 0 Å². The summed E-state index contributed by atoms with van der Waals surface area (Å²) in [5.41, 5.74) is 3.37. The van der Waals surface area contributed by atoms with Crippen LogP contribution in [-0.2, 0) is 0 Å². The minimum absolute atomic E-state index is 0.212. The molecule has 3 aromatic heterocycles. The van der Waals surface area contributed by atoms with Crippen LogP contribution in [-0.4, -0.2) is 28.3 Å². The Labute approximate surface area is 189 Å². The first-order chi connectivity index (χ1) is 16.1. The maximum atomic E-state index is 13.2. The third kappa shape index (κ3) is 4.08. The summed E-state index contributed by atoms with van der Waals surface area (Å²) in [6, 6.07) is 15.4. The first kappa shape index (κ1) is 20.5. The fourth-order valence-electron chi connectivity index (χ4n) is 3.96. The van der Waals surface area contributed by atoms with E-state index in [0.29, 0.717) is 11.1 Å². The Morgan fingerprint density at radius 1 is 1.00 bits per heavy atom. The molecule has 164 valence electrons. The molecule has 0 saturated heterocycles. The fourth-order valence-corrected chi connectivity index (χ4v) is 3.96. The van der Waals surface area contributed by atoms with Crippen LogP contribution in [0.1, 0.15) is 37.9 Å². The van der Waals surface area contributed by atoms with Gasteiger partial charge in [0.1, 0.15) is 6.26 Å². The number of hydrogen-bond donors (Lipinski definition) is 3. The van der Waals surface area contributed by atoms with Gasteiger partial charge in [-0.05, 0) is 41.0 Å². The number of carbonyl (C=O) groups is 2. The van der Waals surface area contributed by atoms with Crippen LogP contribution in [0.4, 0.5) is 0 Å². The van der Waals surface area contributed by atoms with Gasteiger partial charge in [-0.1, -0.05) is 36.4 Å². The van der Waals surface area contributed by atoms with Crippen molar-refractivity contribution in [3.63, 3.8) is 0 Å². The zero-order chi connectivity index (χ0) is 22.8. The van der Waals surface area contributed by atoms with Gasteiger partial charge in [0, 0.05) is 24.3 Å². The minimum atomic E-state index is -0.451. The van der Waals surface area contributed by atoms with E-state index in [1.807, 2.05) is 55.5 Å². The van der Waals surface area contributed by atoms with Gasteiger partial charge in [0.05, 0.1) is 35.1 Å². The minimum Gasteiger partial charge on any atom is -0.471 e. The summed E-state index contributed by atoms with van der Waals surface area (Å²) in [7, 11) is 0. The second kappa shape index (κ2) is 8.63. The van der Waals surface area contributed by atoms with Gasteiger partial charge in [-0.15, -0.1) is 0 Å². The smallest absolute Gasteiger partial charge is 0.254 e. The van der Waals surface area contributed by atoms with Crippen LogP contribution in [0.3, 0.4) is 0 Å². The molecule has 0 radical (unpaired) electrons. The molecule has 2 amide bonds. The number of amides is 2. The van der Waals surface area contributed by atoms with Crippen molar-refractivity contribution in [1.29, 1.82) is 0 Å². The highest BCUT2D eigenvalue weighted by Crippen LogP contribution is 2.22. The number of nitrogens with one attached hydrogen (secondary N) is 3. The summed E-state index contributed by atoms with van der Waals surface area (Å²) in [5, 5.41) is 8.95. The predicted molar refractivity (Wildman–Crippen MR) is 126 cm³/mol. The van der Waals surface area contributed by atoms with E-state index in [1.165, 1.54) is 12.5 Å². The van der Waals surface area contributed by atoms with E-state index in [-0.39, 0.29) is 18.4 Å². The third-order valence-electron chi connectivity index (χ3n) is 5.77. The molecule has 3 heterocycles. The highest BCUT2D eigenvalue weighted by Gasteiger charge is 2.20. The van der Waals surface area contributed by atoms with Crippen LogP contribution in [0, 0.1) is 6.92 Å². The van der Waals surface area contributed by atoms with Crippen LogP contribution in [0.25, 0.3) is 21.7 Å². The first-order valence-electron chi connectivity index (χ1n) is 10.6. The molecule has 2 aromatic carbocycles. The van der Waals surface area contributed by atoms with Crippen molar-refractivity contribution >= 4 is 33.5 Å². The maximum Gasteiger partial charge on any atom is 0.254 e. The lowest BCUT2D eigenvalue weighted by atomic mass is 10.0.